The molecule has 5 aliphatic rings. The number of rotatable bonds is 26. The van der Waals surface area contributed by atoms with Gasteiger partial charge in [-0.3, -0.25) is 76.9 Å². The number of fused-ring (bicyclic) bond motifs is 4. The normalized spacial score (nSPS) is 27.9. The zero-order valence-corrected chi connectivity index (χ0v) is 65.4. The number of Topliss-reactive ketones (excluding diaryl/α,β-unsaturated/α-hetero) is 1. The molecule has 17 N–H and O–H groups in total. The van der Waals surface area contributed by atoms with E-state index >= 15 is 28.8 Å². The van der Waals surface area contributed by atoms with Gasteiger partial charge in [-0.2, -0.15) is 0 Å². The van der Waals surface area contributed by atoms with Crippen LogP contribution in [0.25, 0.3) is 0 Å². The number of likely N-dealkylation sites (N-methyl/N-ethyl adjacent to an activating group) is 1. The molecule has 1 saturated carbocycles. The Morgan fingerprint density at radius 2 is 1.27 bits per heavy atom. The molecule has 34 nitrogen and oxygen atoms in total. The zero-order chi connectivity index (χ0) is 79.8. The highest BCUT2D eigenvalue weighted by Crippen LogP contribution is 2.42. The Labute approximate surface area is 634 Å². The van der Waals surface area contributed by atoms with Crippen LogP contribution in [0.15, 0.2) is 4.99 Å². The second-order valence-electron chi connectivity index (χ2n) is 29.8. The lowest BCUT2D eigenvalue weighted by atomic mass is 9.84. The fraction of sp³-hybridized carbons (Fsp3) is 0.775. The molecule has 0 bridgehead atoms. The summed E-state index contributed by atoms with van der Waals surface area (Å²) in [5.41, 5.74) is 17.2. The molecule has 602 valence electrons. The first-order valence-corrected chi connectivity index (χ1v) is 40.2. The number of nitrogens with two attached hydrogens (primary N) is 3. The summed E-state index contributed by atoms with van der Waals surface area (Å²) in [4.78, 5) is 225. The molecular formula is C71H118N16O18S2. The molecule has 0 radical (unpaired) electrons. The number of carboxylic acid groups (broad SMARTS) is 1. The monoisotopic (exact) mass is 1550 g/mol. The van der Waals surface area contributed by atoms with Gasteiger partial charge in [0.1, 0.15) is 66.5 Å². The number of carbonyl (C=O) groups excluding carboxylic acids is 14. The zero-order valence-electron chi connectivity index (χ0n) is 63.8. The van der Waals surface area contributed by atoms with E-state index in [1.165, 1.54) is 30.7 Å². The summed E-state index contributed by atoms with van der Waals surface area (Å²) in [5.74, 6) is -17.3. The van der Waals surface area contributed by atoms with Crippen molar-refractivity contribution in [2.45, 2.75) is 263 Å². The summed E-state index contributed by atoms with van der Waals surface area (Å²) < 4.78 is 0. The third kappa shape index (κ3) is 24.9. The van der Waals surface area contributed by atoms with Gasteiger partial charge in [0.25, 0.3) is 0 Å². The van der Waals surface area contributed by atoms with Gasteiger partial charge in [0.15, 0.2) is 5.78 Å². The maximum atomic E-state index is 15.7. The maximum absolute atomic E-state index is 15.7. The number of amides is 13. The van der Waals surface area contributed by atoms with E-state index in [2.05, 4.69) is 47.5 Å². The molecule has 4 saturated heterocycles. The third-order valence-electron chi connectivity index (χ3n) is 21.3. The molecule has 0 aromatic heterocycles. The van der Waals surface area contributed by atoms with Crippen molar-refractivity contribution in [3.05, 3.63) is 0 Å². The van der Waals surface area contributed by atoms with Crippen LogP contribution in [0.2, 0.25) is 0 Å². The first kappa shape index (κ1) is 89.9. The highest BCUT2D eigenvalue weighted by Gasteiger charge is 2.53. The van der Waals surface area contributed by atoms with E-state index in [9.17, 15) is 58.5 Å². The molecule has 0 unspecified atom stereocenters. The summed E-state index contributed by atoms with van der Waals surface area (Å²) in [6, 6.07) is -18.3. The Balaban J connectivity index is 1.68. The lowest BCUT2D eigenvalue weighted by molar-refractivity contribution is -0.151. The fourth-order valence-corrected chi connectivity index (χ4v) is 16.8. The molecule has 36 heteroatoms. The van der Waals surface area contributed by atoms with E-state index in [0.29, 0.717) is 38.5 Å². The number of likely N-dealkylation sites (tertiary alicyclic amines) is 1. The molecule has 4 heterocycles. The van der Waals surface area contributed by atoms with Crippen LogP contribution in [0.1, 0.15) is 178 Å². The molecule has 5 fully saturated rings. The summed E-state index contributed by atoms with van der Waals surface area (Å²) >= 11 is 0. The molecule has 0 aromatic rings. The molecule has 13 amide bonds. The summed E-state index contributed by atoms with van der Waals surface area (Å²) in [7, 11) is 3.20. The van der Waals surface area contributed by atoms with E-state index in [0.717, 1.165) is 39.3 Å². The Morgan fingerprint density at radius 3 is 1.88 bits per heavy atom. The average molecular weight is 1550 g/mol. The van der Waals surface area contributed by atoms with E-state index in [4.69, 9.17) is 17.2 Å². The Bertz CT molecular complexity index is 3200. The molecule has 0 aromatic carbocycles. The van der Waals surface area contributed by atoms with E-state index in [-0.39, 0.29) is 93.8 Å². The molecule has 5 rings (SSSR count). The first-order valence-electron chi connectivity index (χ1n) is 37.7. The quantitative estimate of drug-likeness (QED) is 0.0201. The van der Waals surface area contributed by atoms with Gasteiger partial charge in [-0.1, -0.05) is 109 Å². The number of hydrogen-bond acceptors (Lipinski definition) is 21. The van der Waals surface area contributed by atoms with Crippen LogP contribution in [-0.2, 0) is 71.9 Å². The third-order valence-corrected chi connectivity index (χ3v) is 23.7. The van der Waals surface area contributed by atoms with Crippen molar-refractivity contribution in [1.29, 1.82) is 0 Å². The number of aliphatic carboxylic acids is 1. The van der Waals surface area contributed by atoms with Gasteiger partial charge in [-0.25, -0.2) is 0 Å². The van der Waals surface area contributed by atoms with Gasteiger partial charge in [-0.15, -0.1) is 0 Å². The Morgan fingerprint density at radius 1 is 0.654 bits per heavy atom. The number of aliphatic hydroxyl groups is 2. The second kappa shape index (κ2) is 42.9. The lowest BCUT2D eigenvalue weighted by Gasteiger charge is -2.38. The highest BCUT2D eigenvalue weighted by atomic mass is 33.1. The molecule has 4 aliphatic heterocycles. The number of nitrogens with one attached hydrogen (secondary N) is 8. The molecular weight excluding hydrogens is 1430 g/mol. The second-order valence-corrected chi connectivity index (χ2v) is 32.3. The average Bonchev–Trinajstić information content (AvgIpc) is 1.63. The van der Waals surface area contributed by atoms with Crippen molar-refractivity contribution in [3.8, 4) is 0 Å². The number of carbonyl (C=O) groups is 15. The number of aliphatic imine (C=N–C) groups is 1. The van der Waals surface area contributed by atoms with Gasteiger partial charge in [-0.05, 0) is 108 Å². The molecule has 19 atom stereocenters. The minimum atomic E-state index is -1.73. The van der Waals surface area contributed by atoms with Crippen molar-refractivity contribution in [2.24, 2.45) is 57.7 Å². The number of aliphatic hydroxyl groups excluding tert-OH is 2. The van der Waals surface area contributed by atoms with E-state index in [1.54, 1.807) is 60.3 Å². The van der Waals surface area contributed by atoms with Crippen LogP contribution >= 0.6 is 21.6 Å². The molecule has 107 heavy (non-hydrogen) atoms. The van der Waals surface area contributed by atoms with E-state index in [1.807, 2.05) is 0 Å². The molecule has 1 aliphatic carbocycles. The summed E-state index contributed by atoms with van der Waals surface area (Å²) in [6.45, 7) is 15.1. The van der Waals surface area contributed by atoms with Gasteiger partial charge in [0, 0.05) is 50.7 Å². The van der Waals surface area contributed by atoms with E-state index < -0.39 is 223 Å². The standard InChI is InChI=1S/C71H118N16O18S2/c1-12-37(6)56(81-60(94)40(9)72)67(101)80-48-34-106-107-35-53(66(100)83-58(39(8)14-3)71(105)85-26-18-23-50(85)64(98)77-45(59(74)93)31-55(91)92)84(11)70(104)57(38(7)13-2)82-65(99)52-29-42-20-15-16-22-49(42)87(52)69(103)51-24-19-27-86(51)68(102)46(28-36(4)5)78-63(97)47(33-89)79-62(96)44(21-17-25-75-41(10)73)76-61(95)43(32-88)30-54(48)90/h36-40,42-53,56-58,88-89H,12-35,72H2,1-11H3,(H2,73,75)(H2,74,93)(H,76,95)(H,77,98)(H,78,97)(H,79,96)(H,80,101)(H,81,94)(H,82,99)(H,83,100)(H,91,92)/t37-,38-,39-,40-,42-,43-,44-,45-,46-,47-,48-,49-,50-,51-,52-,53-,56-,57-,58-/m0/s1. The SMILES string of the molecule is CC[C@H](C)[C@H](NC(=O)[C@H](C)N)C(=O)N[C@H]1CSSC[C@@H](C(=O)N[C@H](C(=O)N2CCC[C@H]2C(=O)N[C@@H](CC(=O)O)C(N)=O)[C@@H](C)CC)N(C)C(=O)[C@H]([C@@H](C)CC)NC(=O)[C@@H]2C[C@@H]3CCCC[C@@H]3N2C(=O)[C@@H]2CCCN2C(=O)[C@H](CC(C)C)NC(=O)[C@H](CO)NC(=O)[C@H](CCCN=C(C)N)NC(=O)[C@H](CO)CC1=O. The molecule has 0 spiro atoms. The maximum Gasteiger partial charge on any atom is 0.305 e. The van der Waals surface area contributed by atoms with Crippen molar-refractivity contribution < 1.29 is 87.2 Å². The highest BCUT2D eigenvalue weighted by molar-refractivity contribution is 8.76. The number of amidine groups is 1. The minimum Gasteiger partial charge on any atom is -0.481 e. The van der Waals surface area contributed by atoms with Crippen molar-refractivity contribution in [1.82, 2.24) is 62.1 Å². The predicted octanol–water partition coefficient (Wildman–Crippen LogP) is -1.56. The van der Waals surface area contributed by atoms with Crippen molar-refractivity contribution in [3.63, 3.8) is 0 Å². The number of ketones is 1. The Kier molecular flexibility index (Phi) is 36.0. The number of carboxylic acids is 1. The van der Waals surface area contributed by atoms with Crippen molar-refractivity contribution in [2.75, 3.05) is 51.4 Å². The van der Waals surface area contributed by atoms with Crippen LogP contribution in [0.5, 0.6) is 0 Å². The van der Waals surface area contributed by atoms with Crippen LogP contribution in [-0.4, -0.2) is 265 Å². The fourth-order valence-electron chi connectivity index (χ4n) is 14.3. The van der Waals surface area contributed by atoms with Crippen LogP contribution < -0.4 is 59.7 Å². The number of hydrogen-bond donors (Lipinski definition) is 14. The number of primary amides is 1. The summed E-state index contributed by atoms with van der Waals surface area (Å²) in [6.07, 6.45) is 3.23. The van der Waals surface area contributed by atoms with Gasteiger partial charge >= 0.3 is 5.97 Å². The smallest absolute Gasteiger partial charge is 0.305 e. The minimum absolute atomic E-state index is 0.0109. The van der Waals surface area contributed by atoms with Gasteiger partial charge in [0.05, 0.1) is 43.5 Å². The van der Waals surface area contributed by atoms with Crippen LogP contribution in [0.4, 0.5) is 0 Å². The van der Waals surface area contributed by atoms with Crippen LogP contribution in [0.3, 0.4) is 0 Å². The van der Waals surface area contributed by atoms with Gasteiger partial charge in [0.2, 0.25) is 76.8 Å². The van der Waals surface area contributed by atoms with Gasteiger partial charge < -0.3 is 94.7 Å². The predicted molar refractivity (Wildman–Crippen MR) is 399 cm³/mol. The first-order chi connectivity index (χ1) is 50.5. The lowest BCUT2D eigenvalue weighted by Crippen LogP contribution is -2.62. The largest absolute Gasteiger partial charge is 0.481 e. The summed E-state index contributed by atoms with van der Waals surface area (Å²) in [5, 5.41) is 52.5. The number of nitrogens with zero attached hydrogens (tertiary/aromatic N) is 5. The Hall–Kier alpha value is -7.70. The topological polar surface area (TPSA) is 516 Å². The van der Waals surface area contributed by atoms with Crippen LogP contribution in [0, 0.1) is 35.5 Å². The van der Waals surface area contributed by atoms with Crippen molar-refractivity contribution >= 4 is 116 Å².